The smallest absolute Gasteiger partial charge is 0.336 e. The van der Waals surface area contributed by atoms with Crippen LogP contribution in [-0.2, 0) is 0 Å². The van der Waals surface area contributed by atoms with E-state index in [4.69, 9.17) is 0 Å². The average molecular weight is 262 g/mol. The molecule has 1 aromatic carbocycles. The Morgan fingerprint density at radius 1 is 0.850 bits per heavy atom. The van der Waals surface area contributed by atoms with Gasteiger partial charge in [0.1, 0.15) is 0 Å². The summed E-state index contributed by atoms with van der Waals surface area (Å²) in [7, 11) is 0. The molecule has 1 aromatic rings. The predicted octanol–water partition coefficient (Wildman–Crippen LogP) is 4.47. The number of carbonyl (C=O) groups is 1. The van der Waals surface area contributed by atoms with Gasteiger partial charge in [-0.1, -0.05) is 60.2 Å². The molecule has 0 unspecified atom stereocenters. The van der Waals surface area contributed by atoms with E-state index in [0.29, 0.717) is 5.56 Å². The number of aromatic carboxylic acids is 1. The summed E-state index contributed by atoms with van der Waals surface area (Å²) in [6.45, 7) is 2.01. The molecule has 0 bridgehead atoms. The third-order valence-electron chi connectivity index (χ3n) is 3.45. The molecule has 0 aromatic heterocycles. The molecular weight excluding hydrogens is 248 g/mol. The lowest BCUT2D eigenvalue weighted by Gasteiger charge is -2.03. The van der Waals surface area contributed by atoms with E-state index in [2.05, 4.69) is 0 Å². The molecule has 20 heavy (non-hydrogen) atoms. The van der Waals surface area contributed by atoms with E-state index in [9.17, 15) is 9.90 Å². The molecule has 3 rings (SSSR count). The Morgan fingerprint density at radius 2 is 1.55 bits per heavy atom. The molecule has 2 heteroatoms. The largest absolute Gasteiger partial charge is 0.478 e. The van der Waals surface area contributed by atoms with Crippen molar-refractivity contribution in [3.63, 3.8) is 0 Å². The molecule has 1 N–H and O–H groups in total. The second kappa shape index (κ2) is 4.82. The third-order valence-corrected chi connectivity index (χ3v) is 3.45. The fourth-order valence-corrected chi connectivity index (χ4v) is 2.56. The standard InChI is InChI=1S/C18H14O2/c1-12-6-5-8-13(10-12)16-11-14-7-3-2-4-9-15(14)17(16)18(19)20/h2-11H,1H3,(H,19,20). The van der Waals surface area contributed by atoms with E-state index in [-0.39, 0.29) is 0 Å². The first-order chi connectivity index (χ1) is 9.66. The van der Waals surface area contributed by atoms with Gasteiger partial charge in [0.05, 0.1) is 5.56 Å². The normalized spacial score (nSPS) is 10.7. The minimum atomic E-state index is -0.886. The highest BCUT2D eigenvalue weighted by molar-refractivity contribution is 6.05. The van der Waals surface area contributed by atoms with Crippen LogP contribution in [0.2, 0.25) is 0 Å². The number of hydrogen-bond acceptors (Lipinski definition) is 1. The summed E-state index contributed by atoms with van der Waals surface area (Å²) >= 11 is 0. The van der Waals surface area contributed by atoms with Crippen molar-refractivity contribution < 1.29 is 9.90 Å². The van der Waals surface area contributed by atoms with Crippen LogP contribution in [0.15, 0.2) is 60.7 Å². The maximum atomic E-state index is 11.7. The first-order valence-corrected chi connectivity index (χ1v) is 6.49. The van der Waals surface area contributed by atoms with Crippen LogP contribution in [0.4, 0.5) is 0 Å². The minimum absolute atomic E-state index is 0.377. The molecule has 0 amide bonds. The molecule has 0 fully saturated rings. The number of benzene rings is 1. The van der Waals surface area contributed by atoms with Crippen LogP contribution in [0.1, 0.15) is 15.9 Å². The molecule has 2 nitrogen and oxygen atoms in total. The highest BCUT2D eigenvalue weighted by atomic mass is 16.4. The Bertz CT molecular complexity index is 759. The van der Waals surface area contributed by atoms with Gasteiger partial charge >= 0.3 is 5.97 Å². The molecule has 2 aliphatic carbocycles. The molecule has 0 saturated heterocycles. The van der Waals surface area contributed by atoms with Gasteiger partial charge in [0.15, 0.2) is 0 Å². The van der Waals surface area contributed by atoms with Crippen LogP contribution in [0, 0.1) is 6.92 Å². The van der Waals surface area contributed by atoms with Gasteiger partial charge in [0, 0.05) is 0 Å². The SMILES string of the molecule is Cc1cccc(-c2cc3cccccc-3c2C(=O)O)c1. The number of aryl methyl sites for hydroxylation is 1. The van der Waals surface area contributed by atoms with E-state index in [1.54, 1.807) is 0 Å². The van der Waals surface area contributed by atoms with Gasteiger partial charge in [-0.3, -0.25) is 0 Å². The summed E-state index contributed by atoms with van der Waals surface area (Å²) in [6, 6.07) is 19.4. The number of carboxylic acids is 1. The molecular formula is C18H14O2. The maximum Gasteiger partial charge on any atom is 0.336 e. The fraction of sp³-hybridized carbons (Fsp3) is 0.0556. The average Bonchev–Trinajstić information content (AvgIpc) is 2.63. The highest BCUT2D eigenvalue weighted by Crippen LogP contribution is 2.37. The molecule has 0 radical (unpaired) electrons. The summed E-state index contributed by atoms with van der Waals surface area (Å²) in [5.74, 6) is -0.886. The van der Waals surface area contributed by atoms with E-state index in [1.165, 1.54) is 0 Å². The van der Waals surface area contributed by atoms with E-state index in [1.807, 2.05) is 67.6 Å². The fourth-order valence-electron chi connectivity index (χ4n) is 2.56. The Hall–Kier alpha value is -2.61. The van der Waals surface area contributed by atoms with Crippen LogP contribution in [0.25, 0.3) is 22.3 Å². The van der Waals surface area contributed by atoms with Gasteiger partial charge in [-0.2, -0.15) is 0 Å². The molecule has 98 valence electrons. The van der Waals surface area contributed by atoms with Gasteiger partial charge < -0.3 is 5.11 Å². The first kappa shape index (κ1) is 12.4. The van der Waals surface area contributed by atoms with Crippen molar-refractivity contribution in [2.45, 2.75) is 6.92 Å². The number of carboxylic acid groups (broad SMARTS) is 1. The molecule has 0 saturated carbocycles. The first-order valence-electron chi connectivity index (χ1n) is 6.49. The van der Waals surface area contributed by atoms with Crippen molar-refractivity contribution in [1.29, 1.82) is 0 Å². The molecule has 0 spiro atoms. The summed E-state index contributed by atoms with van der Waals surface area (Å²) < 4.78 is 0. The van der Waals surface area contributed by atoms with Gasteiger partial charge in [-0.05, 0) is 35.2 Å². The van der Waals surface area contributed by atoms with Gasteiger partial charge in [0.2, 0.25) is 0 Å². The van der Waals surface area contributed by atoms with Crippen LogP contribution >= 0.6 is 0 Å². The quantitative estimate of drug-likeness (QED) is 0.740. The zero-order valence-corrected chi connectivity index (χ0v) is 11.1. The lowest BCUT2D eigenvalue weighted by molar-refractivity contribution is 0.0699. The Balaban J connectivity index is 2.33. The molecule has 0 aliphatic heterocycles. The highest BCUT2D eigenvalue weighted by Gasteiger charge is 2.21. The monoisotopic (exact) mass is 262 g/mol. The molecule has 0 atom stereocenters. The summed E-state index contributed by atoms with van der Waals surface area (Å²) in [5.41, 5.74) is 4.95. The van der Waals surface area contributed by atoms with Gasteiger partial charge in [-0.25, -0.2) is 4.79 Å². The second-order valence-electron chi connectivity index (χ2n) is 4.89. The summed E-state index contributed by atoms with van der Waals surface area (Å²) in [4.78, 5) is 11.7. The molecule has 2 aliphatic rings. The zero-order chi connectivity index (χ0) is 14.1. The summed E-state index contributed by atoms with van der Waals surface area (Å²) in [5, 5.41) is 9.56. The van der Waals surface area contributed by atoms with Crippen molar-refractivity contribution in [3.8, 4) is 22.3 Å². The number of rotatable bonds is 2. The maximum absolute atomic E-state index is 11.7. The number of hydrogen-bond donors (Lipinski definition) is 1. The van der Waals surface area contributed by atoms with Crippen LogP contribution in [0.3, 0.4) is 0 Å². The van der Waals surface area contributed by atoms with Crippen molar-refractivity contribution >= 4 is 5.97 Å². The zero-order valence-electron chi connectivity index (χ0n) is 11.1. The van der Waals surface area contributed by atoms with Crippen molar-refractivity contribution in [2.75, 3.05) is 0 Å². The summed E-state index contributed by atoms with van der Waals surface area (Å²) in [6.07, 6.45) is 0. The Morgan fingerprint density at radius 3 is 2.30 bits per heavy atom. The van der Waals surface area contributed by atoms with Crippen LogP contribution in [-0.4, -0.2) is 11.1 Å². The molecule has 0 heterocycles. The van der Waals surface area contributed by atoms with Crippen molar-refractivity contribution in [2.24, 2.45) is 0 Å². The minimum Gasteiger partial charge on any atom is -0.478 e. The van der Waals surface area contributed by atoms with Gasteiger partial charge in [-0.15, -0.1) is 0 Å². The Labute approximate surface area is 117 Å². The number of fused-ring (bicyclic) bond motifs is 1. The third kappa shape index (κ3) is 2.05. The van der Waals surface area contributed by atoms with Crippen molar-refractivity contribution in [1.82, 2.24) is 0 Å². The van der Waals surface area contributed by atoms with E-state index >= 15 is 0 Å². The van der Waals surface area contributed by atoms with Gasteiger partial charge in [0.25, 0.3) is 0 Å². The van der Waals surface area contributed by atoms with E-state index in [0.717, 1.165) is 27.8 Å². The Kier molecular flexibility index (Phi) is 2.99. The predicted molar refractivity (Wildman–Crippen MR) is 80.2 cm³/mol. The van der Waals surface area contributed by atoms with E-state index < -0.39 is 5.97 Å². The van der Waals surface area contributed by atoms with Crippen LogP contribution < -0.4 is 0 Å². The van der Waals surface area contributed by atoms with Crippen LogP contribution in [0.5, 0.6) is 0 Å². The lowest BCUT2D eigenvalue weighted by Crippen LogP contribution is -1.97. The van der Waals surface area contributed by atoms with Crippen molar-refractivity contribution in [3.05, 3.63) is 71.8 Å². The lowest BCUT2D eigenvalue weighted by atomic mass is 10.0. The topological polar surface area (TPSA) is 37.3 Å². The second-order valence-corrected chi connectivity index (χ2v) is 4.89.